The fraction of sp³-hybridized carbons (Fsp3) is 0.0625. The van der Waals surface area contributed by atoms with Crippen LogP contribution in [-0.4, -0.2) is 15.2 Å². The minimum absolute atomic E-state index is 0.243. The Kier molecular flexibility index (Phi) is 4.55. The molecule has 0 radical (unpaired) electrons. The molecule has 1 heterocycles. The van der Waals surface area contributed by atoms with Crippen molar-refractivity contribution in [1.29, 1.82) is 0 Å². The summed E-state index contributed by atoms with van der Waals surface area (Å²) in [6, 6.07) is 9.40. The number of hydrogen-bond acceptors (Lipinski definition) is 5. The Morgan fingerprint density at radius 1 is 0.917 bits per heavy atom. The Bertz CT molecular complexity index is 839. The topological polar surface area (TPSA) is 62.7 Å². The second-order valence-corrected chi connectivity index (χ2v) is 4.90. The molecule has 0 spiro atoms. The van der Waals surface area contributed by atoms with Crippen molar-refractivity contribution in [1.82, 2.24) is 15.2 Å². The summed E-state index contributed by atoms with van der Waals surface area (Å²) >= 11 is 0. The predicted molar refractivity (Wildman–Crippen MR) is 83.2 cm³/mol. The first-order chi connectivity index (χ1) is 11.6. The van der Waals surface area contributed by atoms with Crippen LogP contribution < -0.4 is 10.6 Å². The lowest BCUT2D eigenvalue weighted by atomic mass is 10.2. The third-order valence-corrected chi connectivity index (χ3v) is 3.11. The summed E-state index contributed by atoms with van der Waals surface area (Å²) in [5, 5.41) is 13.4. The van der Waals surface area contributed by atoms with E-state index in [1.165, 1.54) is 24.4 Å². The van der Waals surface area contributed by atoms with Crippen LogP contribution in [0.1, 0.15) is 5.56 Å². The van der Waals surface area contributed by atoms with Crippen molar-refractivity contribution in [3.63, 3.8) is 0 Å². The van der Waals surface area contributed by atoms with Gasteiger partial charge in [-0.3, -0.25) is 0 Å². The number of aromatic nitrogens is 3. The van der Waals surface area contributed by atoms with E-state index >= 15 is 0 Å². The number of nitrogens with one attached hydrogen (secondary N) is 2. The monoisotopic (exact) mass is 331 g/mol. The second-order valence-electron chi connectivity index (χ2n) is 4.90. The van der Waals surface area contributed by atoms with E-state index in [-0.39, 0.29) is 11.8 Å². The van der Waals surface area contributed by atoms with Gasteiger partial charge in [-0.05, 0) is 29.8 Å². The predicted octanol–water partition coefficient (Wildman–Crippen LogP) is 3.64. The SMILES string of the molecule is Fc1ccc(CNc2nncc(Nc3ccc(F)c(F)c3)n2)cc1. The van der Waals surface area contributed by atoms with Crippen molar-refractivity contribution in [2.24, 2.45) is 0 Å². The lowest BCUT2D eigenvalue weighted by Gasteiger charge is -2.08. The molecule has 0 aliphatic rings. The summed E-state index contributed by atoms with van der Waals surface area (Å²) in [5.41, 5.74) is 1.18. The van der Waals surface area contributed by atoms with E-state index in [9.17, 15) is 13.2 Å². The summed E-state index contributed by atoms with van der Waals surface area (Å²) in [7, 11) is 0. The largest absolute Gasteiger partial charge is 0.349 e. The molecular weight excluding hydrogens is 319 g/mol. The van der Waals surface area contributed by atoms with Crippen LogP contribution in [0.25, 0.3) is 0 Å². The summed E-state index contributed by atoms with van der Waals surface area (Å²) in [5.74, 6) is -1.64. The van der Waals surface area contributed by atoms with Crippen LogP contribution in [0.4, 0.5) is 30.6 Å². The van der Waals surface area contributed by atoms with Crippen molar-refractivity contribution in [3.05, 3.63) is 71.7 Å². The van der Waals surface area contributed by atoms with Gasteiger partial charge in [0, 0.05) is 18.3 Å². The quantitative estimate of drug-likeness (QED) is 0.747. The number of nitrogens with zero attached hydrogens (tertiary/aromatic N) is 3. The minimum atomic E-state index is -0.961. The van der Waals surface area contributed by atoms with Crippen LogP contribution in [0, 0.1) is 17.5 Å². The molecule has 8 heteroatoms. The maximum atomic E-state index is 13.2. The zero-order chi connectivity index (χ0) is 16.9. The summed E-state index contributed by atoms with van der Waals surface area (Å²) in [6.07, 6.45) is 1.35. The normalized spacial score (nSPS) is 10.5. The van der Waals surface area contributed by atoms with Crippen LogP contribution in [0.15, 0.2) is 48.7 Å². The van der Waals surface area contributed by atoms with E-state index in [0.717, 1.165) is 17.7 Å². The van der Waals surface area contributed by atoms with Crippen molar-refractivity contribution in [3.8, 4) is 0 Å². The highest BCUT2D eigenvalue weighted by atomic mass is 19.2. The molecule has 5 nitrogen and oxygen atoms in total. The average Bonchev–Trinajstić information content (AvgIpc) is 2.58. The van der Waals surface area contributed by atoms with Crippen molar-refractivity contribution >= 4 is 17.5 Å². The molecule has 0 saturated heterocycles. The smallest absolute Gasteiger partial charge is 0.244 e. The number of benzene rings is 2. The van der Waals surface area contributed by atoms with Crippen molar-refractivity contribution in [2.75, 3.05) is 10.6 Å². The van der Waals surface area contributed by atoms with Gasteiger partial charge in [0.25, 0.3) is 0 Å². The van der Waals surface area contributed by atoms with Gasteiger partial charge in [-0.2, -0.15) is 10.1 Å². The lowest BCUT2D eigenvalue weighted by Crippen LogP contribution is -2.06. The van der Waals surface area contributed by atoms with E-state index < -0.39 is 11.6 Å². The second kappa shape index (κ2) is 6.95. The van der Waals surface area contributed by atoms with Crippen molar-refractivity contribution < 1.29 is 13.2 Å². The van der Waals surface area contributed by atoms with Gasteiger partial charge in [-0.15, -0.1) is 5.10 Å². The molecule has 0 saturated carbocycles. The first kappa shape index (κ1) is 15.7. The molecule has 122 valence electrons. The highest BCUT2D eigenvalue weighted by Crippen LogP contribution is 2.17. The zero-order valence-corrected chi connectivity index (χ0v) is 12.3. The van der Waals surface area contributed by atoms with Crippen LogP contribution in [0.5, 0.6) is 0 Å². The van der Waals surface area contributed by atoms with E-state index in [0.29, 0.717) is 18.1 Å². The van der Waals surface area contributed by atoms with E-state index in [4.69, 9.17) is 0 Å². The average molecular weight is 331 g/mol. The summed E-state index contributed by atoms with van der Waals surface area (Å²) < 4.78 is 39.0. The van der Waals surface area contributed by atoms with E-state index in [2.05, 4.69) is 25.8 Å². The number of hydrogen-bond donors (Lipinski definition) is 2. The Morgan fingerprint density at radius 3 is 2.46 bits per heavy atom. The Hall–Kier alpha value is -3.16. The molecule has 0 amide bonds. The van der Waals surface area contributed by atoms with Crippen LogP contribution >= 0.6 is 0 Å². The third-order valence-electron chi connectivity index (χ3n) is 3.11. The molecule has 0 aliphatic carbocycles. The molecule has 24 heavy (non-hydrogen) atoms. The Balaban J connectivity index is 1.67. The number of halogens is 3. The molecule has 0 aliphatic heterocycles. The maximum absolute atomic E-state index is 13.2. The minimum Gasteiger partial charge on any atom is -0.349 e. The highest BCUT2D eigenvalue weighted by molar-refractivity contribution is 5.56. The molecule has 0 fully saturated rings. The number of rotatable bonds is 5. The summed E-state index contributed by atoms with van der Waals surface area (Å²) in [4.78, 5) is 4.17. The van der Waals surface area contributed by atoms with Gasteiger partial charge in [0.2, 0.25) is 5.95 Å². The maximum Gasteiger partial charge on any atom is 0.244 e. The molecule has 2 N–H and O–H groups in total. The molecule has 1 aromatic heterocycles. The number of anilines is 3. The van der Waals surface area contributed by atoms with Crippen LogP contribution in [-0.2, 0) is 6.54 Å². The lowest BCUT2D eigenvalue weighted by molar-refractivity contribution is 0.509. The molecule has 0 unspecified atom stereocenters. The Morgan fingerprint density at radius 2 is 1.71 bits per heavy atom. The van der Waals surface area contributed by atoms with E-state index in [1.54, 1.807) is 12.1 Å². The van der Waals surface area contributed by atoms with E-state index in [1.807, 2.05) is 0 Å². The van der Waals surface area contributed by atoms with Crippen LogP contribution in [0.3, 0.4) is 0 Å². The van der Waals surface area contributed by atoms with Crippen LogP contribution in [0.2, 0.25) is 0 Å². The van der Waals surface area contributed by atoms with Crippen molar-refractivity contribution in [2.45, 2.75) is 6.54 Å². The van der Waals surface area contributed by atoms with Gasteiger partial charge < -0.3 is 10.6 Å². The molecule has 3 rings (SSSR count). The van der Waals surface area contributed by atoms with Gasteiger partial charge >= 0.3 is 0 Å². The molecule has 0 atom stereocenters. The molecule has 3 aromatic rings. The zero-order valence-electron chi connectivity index (χ0n) is 12.3. The van der Waals surface area contributed by atoms with Gasteiger partial charge in [-0.1, -0.05) is 12.1 Å². The summed E-state index contributed by atoms with van der Waals surface area (Å²) in [6.45, 7) is 0.386. The van der Waals surface area contributed by atoms with Gasteiger partial charge in [0.15, 0.2) is 17.5 Å². The first-order valence-electron chi connectivity index (χ1n) is 7.00. The van der Waals surface area contributed by atoms with Gasteiger partial charge in [-0.25, -0.2) is 13.2 Å². The highest BCUT2D eigenvalue weighted by Gasteiger charge is 2.05. The van der Waals surface area contributed by atoms with Gasteiger partial charge in [0.05, 0.1) is 6.20 Å². The standard InChI is InChI=1S/C16H12F3N5/c17-11-3-1-10(2-4-11)8-20-16-23-15(9-21-24-16)22-12-5-6-13(18)14(19)7-12/h1-7,9H,8H2,(H2,20,22,23,24). The Labute approximate surface area is 135 Å². The fourth-order valence-electron chi connectivity index (χ4n) is 1.94. The van der Waals surface area contributed by atoms with Gasteiger partial charge in [0.1, 0.15) is 5.82 Å². The molecule has 2 aromatic carbocycles. The first-order valence-corrected chi connectivity index (χ1v) is 7.00. The molecular formula is C16H12F3N5. The fourth-order valence-corrected chi connectivity index (χ4v) is 1.94. The third kappa shape index (κ3) is 3.97. The molecule has 0 bridgehead atoms.